The Morgan fingerprint density at radius 3 is 1.85 bits per heavy atom. The summed E-state index contributed by atoms with van der Waals surface area (Å²) in [5.41, 5.74) is 3.58. The number of carbonyl (C=O) groups excluding carboxylic acids is 2. The zero-order chi connectivity index (χ0) is 22.9. The van der Waals surface area contributed by atoms with Crippen LogP contribution in [0.25, 0.3) is 0 Å². The zero-order valence-corrected chi connectivity index (χ0v) is 19.0. The number of benzene rings is 3. The molecule has 3 aromatic carbocycles. The van der Waals surface area contributed by atoms with Crippen molar-refractivity contribution in [1.82, 2.24) is 10.2 Å². The molecule has 0 aromatic heterocycles. The molecule has 0 atom stereocenters. The maximum atomic E-state index is 12.9. The molecule has 2 amide bonds. The fraction of sp³-hybridized carbons (Fsp3) is 0.310. The van der Waals surface area contributed by atoms with Crippen molar-refractivity contribution in [1.29, 1.82) is 0 Å². The van der Waals surface area contributed by atoms with Gasteiger partial charge in [0.25, 0.3) is 0 Å². The summed E-state index contributed by atoms with van der Waals surface area (Å²) in [6.45, 7) is 1.89. The lowest BCUT2D eigenvalue weighted by atomic mass is 9.90. The van der Waals surface area contributed by atoms with Gasteiger partial charge in [-0.1, -0.05) is 91.0 Å². The molecule has 1 N–H and O–H groups in total. The molecule has 4 rings (SSSR count). The minimum Gasteiger partial charge on any atom is -0.355 e. The number of rotatable bonds is 8. The highest BCUT2D eigenvalue weighted by Crippen LogP contribution is 2.24. The van der Waals surface area contributed by atoms with Crippen molar-refractivity contribution >= 4 is 11.8 Å². The lowest BCUT2D eigenvalue weighted by molar-refractivity contribution is -0.135. The second kappa shape index (κ2) is 11.5. The van der Waals surface area contributed by atoms with Crippen LogP contribution in [-0.2, 0) is 16.0 Å². The van der Waals surface area contributed by atoms with Gasteiger partial charge < -0.3 is 10.2 Å². The van der Waals surface area contributed by atoms with E-state index >= 15 is 0 Å². The minimum atomic E-state index is -0.0321. The molecule has 0 unspecified atom stereocenters. The highest BCUT2D eigenvalue weighted by Gasteiger charge is 2.27. The van der Waals surface area contributed by atoms with Crippen molar-refractivity contribution in [3.8, 4) is 0 Å². The van der Waals surface area contributed by atoms with Gasteiger partial charge in [0, 0.05) is 37.9 Å². The number of amides is 2. The number of carbonyl (C=O) groups is 2. The summed E-state index contributed by atoms with van der Waals surface area (Å²) in [5.74, 6) is 0.376. The first-order valence-electron chi connectivity index (χ1n) is 11.9. The number of likely N-dealkylation sites (tertiary alicyclic amines) is 1. The van der Waals surface area contributed by atoms with E-state index in [1.54, 1.807) is 0 Å². The Morgan fingerprint density at radius 1 is 0.788 bits per heavy atom. The van der Waals surface area contributed by atoms with Crippen LogP contribution in [0.1, 0.15) is 41.9 Å². The summed E-state index contributed by atoms with van der Waals surface area (Å²) in [6, 6.07) is 30.8. The summed E-state index contributed by atoms with van der Waals surface area (Å²) < 4.78 is 0. The number of hydrogen-bond donors (Lipinski definition) is 1. The van der Waals surface area contributed by atoms with Crippen molar-refractivity contribution < 1.29 is 9.59 Å². The Balaban J connectivity index is 1.27. The average molecular weight is 441 g/mol. The van der Waals surface area contributed by atoms with Crippen molar-refractivity contribution in [3.63, 3.8) is 0 Å². The van der Waals surface area contributed by atoms with Crippen LogP contribution < -0.4 is 5.32 Å². The van der Waals surface area contributed by atoms with Gasteiger partial charge in [0.05, 0.1) is 0 Å². The highest BCUT2D eigenvalue weighted by molar-refractivity contribution is 5.80. The second-order valence-corrected chi connectivity index (χ2v) is 8.76. The maximum absolute atomic E-state index is 12.9. The quantitative estimate of drug-likeness (QED) is 0.547. The van der Waals surface area contributed by atoms with Crippen molar-refractivity contribution in [2.45, 2.75) is 31.6 Å². The van der Waals surface area contributed by atoms with Gasteiger partial charge in [-0.2, -0.15) is 0 Å². The highest BCUT2D eigenvalue weighted by atomic mass is 16.2. The third-order valence-corrected chi connectivity index (χ3v) is 6.57. The first-order chi connectivity index (χ1) is 16.2. The second-order valence-electron chi connectivity index (χ2n) is 8.76. The molecule has 1 heterocycles. The zero-order valence-electron chi connectivity index (χ0n) is 19.0. The SMILES string of the molecule is O=C(NCC(c1ccccc1)c1ccccc1)C1CCN(C(=O)CCc2ccccc2)CC1. The van der Waals surface area contributed by atoms with Gasteiger partial charge >= 0.3 is 0 Å². The first kappa shape index (κ1) is 22.8. The Hall–Kier alpha value is -3.40. The molecule has 1 fully saturated rings. The molecule has 0 aliphatic carbocycles. The largest absolute Gasteiger partial charge is 0.355 e. The fourth-order valence-corrected chi connectivity index (χ4v) is 4.59. The lowest BCUT2D eigenvalue weighted by Crippen LogP contribution is -2.43. The third kappa shape index (κ3) is 6.32. The minimum absolute atomic E-state index is 0.0321. The third-order valence-electron chi connectivity index (χ3n) is 6.57. The Morgan fingerprint density at radius 2 is 1.30 bits per heavy atom. The number of nitrogens with zero attached hydrogens (tertiary/aromatic N) is 1. The smallest absolute Gasteiger partial charge is 0.223 e. The molecule has 170 valence electrons. The van der Waals surface area contributed by atoms with Gasteiger partial charge in [0.1, 0.15) is 0 Å². The number of nitrogens with one attached hydrogen (secondary N) is 1. The first-order valence-corrected chi connectivity index (χ1v) is 11.9. The fourth-order valence-electron chi connectivity index (χ4n) is 4.59. The Labute approximate surface area is 196 Å². The van der Waals surface area contributed by atoms with Crippen molar-refractivity contribution in [3.05, 3.63) is 108 Å². The molecule has 3 aromatic rings. The number of hydrogen-bond acceptors (Lipinski definition) is 2. The van der Waals surface area contributed by atoms with Crippen LogP contribution in [0.3, 0.4) is 0 Å². The van der Waals surface area contributed by atoms with E-state index in [1.165, 1.54) is 16.7 Å². The van der Waals surface area contributed by atoms with Gasteiger partial charge in [-0.25, -0.2) is 0 Å². The van der Waals surface area contributed by atoms with Crippen molar-refractivity contribution in [2.75, 3.05) is 19.6 Å². The summed E-state index contributed by atoms with van der Waals surface area (Å²) >= 11 is 0. The monoisotopic (exact) mass is 440 g/mol. The summed E-state index contributed by atoms with van der Waals surface area (Å²) in [7, 11) is 0. The summed E-state index contributed by atoms with van der Waals surface area (Å²) in [5, 5.41) is 3.20. The molecule has 1 aliphatic heterocycles. The predicted molar refractivity (Wildman–Crippen MR) is 132 cm³/mol. The molecule has 4 heteroatoms. The van der Waals surface area contributed by atoms with Crippen LogP contribution >= 0.6 is 0 Å². The normalized spacial score (nSPS) is 14.3. The molecular formula is C29H32N2O2. The van der Waals surface area contributed by atoms with Crippen molar-refractivity contribution in [2.24, 2.45) is 5.92 Å². The molecule has 0 bridgehead atoms. The van der Waals surface area contributed by atoms with Crippen LogP contribution in [-0.4, -0.2) is 36.3 Å². The summed E-state index contributed by atoms with van der Waals surface area (Å²) in [6.07, 6.45) is 2.74. The van der Waals surface area contributed by atoms with Gasteiger partial charge in [-0.05, 0) is 36.0 Å². The molecule has 4 nitrogen and oxygen atoms in total. The molecule has 1 aliphatic rings. The number of piperidine rings is 1. The van der Waals surface area contributed by atoms with Crippen LogP contribution in [0, 0.1) is 5.92 Å². The standard InChI is InChI=1S/C29H32N2O2/c32-28(17-16-23-10-4-1-5-11-23)31-20-18-26(19-21-31)29(33)30-22-27(24-12-6-2-7-13-24)25-14-8-3-9-15-25/h1-15,26-27H,16-22H2,(H,30,33). The van der Waals surface area contributed by atoms with Crippen LogP contribution in [0.15, 0.2) is 91.0 Å². The molecule has 1 saturated heterocycles. The average Bonchev–Trinajstić information content (AvgIpc) is 2.89. The van der Waals surface area contributed by atoms with Crippen LogP contribution in [0.2, 0.25) is 0 Å². The maximum Gasteiger partial charge on any atom is 0.223 e. The van der Waals surface area contributed by atoms with Crippen LogP contribution in [0.5, 0.6) is 0 Å². The molecule has 0 spiro atoms. The van der Waals surface area contributed by atoms with Gasteiger partial charge in [0.2, 0.25) is 11.8 Å². The van der Waals surface area contributed by atoms with E-state index in [9.17, 15) is 9.59 Å². The summed E-state index contributed by atoms with van der Waals surface area (Å²) in [4.78, 5) is 27.5. The van der Waals surface area contributed by atoms with Crippen LogP contribution in [0.4, 0.5) is 0 Å². The van der Waals surface area contributed by atoms with Gasteiger partial charge in [-0.15, -0.1) is 0 Å². The van der Waals surface area contributed by atoms with Gasteiger partial charge in [-0.3, -0.25) is 9.59 Å². The van der Waals surface area contributed by atoms with Gasteiger partial charge in [0.15, 0.2) is 0 Å². The molecule has 33 heavy (non-hydrogen) atoms. The van der Waals surface area contributed by atoms with E-state index in [1.807, 2.05) is 59.5 Å². The Kier molecular flexibility index (Phi) is 7.91. The molecule has 0 saturated carbocycles. The molecule has 0 radical (unpaired) electrons. The van der Waals surface area contributed by atoms with E-state index in [4.69, 9.17) is 0 Å². The lowest BCUT2D eigenvalue weighted by Gasteiger charge is -2.32. The predicted octanol–water partition coefficient (Wildman–Crippen LogP) is 4.81. The van der Waals surface area contributed by atoms with E-state index in [2.05, 4.69) is 41.7 Å². The van der Waals surface area contributed by atoms with E-state index < -0.39 is 0 Å². The molecular weight excluding hydrogens is 408 g/mol. The Bertz CT molecular complexity index is 974. The van der Waals surface area contributed by atoms with E-state index in [-0.39, 0.29) is 23.7 Å². The topological polar surface area (TPSA) is 49.4 Å². The number of aryl methyl sites for hydroxylation is 1. The van der Waals surface area contributed by atoms with E-state index in [0.717, 1.165) is 19.3 Å². The van der Waals surface area contributed by atoms with E-state index in [0.29, 0.717) is 26.1 Å².